The van der Waals surface area contributed by atoms with Crippen molar-refractivity contribution < 1.29 is 14.3 Å². The molecule has 1 atom stereocenters. The van der Waals surface area contributed by atoms with Gasteiger partial charge in [0.2, 0.25) is 0 Å². The quantitative estimate of drug-likeness (QED) is 0.340. The molecule has 0 amide bonds. The highest BCUT2D eigenvalue weighted by atomic mass is 79.9. The van der Waals surface area contributed by atoms with Crippen LogP contribution in [-0.2, 0) is 9.53 Å². The number of hydrogen-bond donors (Lipinski definition) is 0. The molecule has 0 saturated carbocycles. The van der Waals surface area contributed by atoms with E-state index in [0.29, 0.717) is 38.0 Å². The summed E-state index contributed by atoms with van der Waals surface area (Å²) in [5.74, 6) is 0.200. The summed E-state index contributed by atoms with van der Waals surface area (Å²) in [5, 5.41) is 0.561. The van der Waals surface area contributed by atoms with E-state index in [1.165, 1.54) is 11.3 Å². The molecule has 182 valence electrons. The number of thiazole rings is 1. The summed E-state index contributed by atoms with van der Waals surface area (Å²) in [4.78, 5) is 31.7. The van der Waals surface area contributed by atoms with Crippen molar-refractivity contribution in [1.29, 1.82) is 0 Å². The van der Waals surface area contributed by atoms with Gasteiger partial charge in [-0.3, -0.25) is 9.36 Å². The summed E-state index contributed by atoms with van der Waals surface area (Å²) in [7, 11) is 0. The Hall–Kier alpha value is -2.20. The number of halogens is 3. The van der Waals surface area contributed by atoms with Crippen molar-refractivity contribution in [2.24, 2.45) is 4.99 Å². The molecule has 2 heterocycles. The number of esters is 1. The molecule has 0 aliphatic carbocycles. The number of aromatic nitrogens is 1. The third-order valence-corrected chi connectivity index (χ3v) is 7.72. The second kappa shape index (κ2) is 10.8. The number of fused-ring (bicyclic) bond motifs is 1. The molecule has 2 aromatic carbocycles. The summed E-state index contributed by atoms with van der Waals surface area (Å²) in [6, 6.07) is 10.2. The van der Waals surface area contributed by atoms with Gasteiger partial charge >= 0.3 is 5.97 Å². The normalized spacial score (nSPS) is 15.6. The second-order valence-corrected chi connectivity index (χ2v) is 10.8. The molecule has 0 bridgehead atoms. The molecule has 1 aromatic heterocycles. The fraction of sp³-hybridized carbons (Fsp3) is 0.240. The minimum atomic E-state index is -0.677. The van der Waals surface area contributed by atoms with E-state index in [-0.39, 0.29) is 12.2 Å². The molecule has 3 aromatic rings. The number of ether oxygens (including phenoxy) is 2. The van der Waals surface area contributed by atoms with Gasteiger partial charge in [-0.15, -0.1) is 0 Å². The summed E-state index contributed by atoms with van der Waals surface area (Å²) in [5.41, 5.74) is 2.15. The Morgan fingerprint density at radius 1 is 1.17 bits per heavy atom. The summed E-state index contributed by atoms with van der Waals surface area (Å²) in [6.45, 7) is 6.16. The molecule has 0 N–H and O–H groups in total. The van der Waals surface area contributed by atoms with Gasteiger partial charge in [0.25, 0.3) is 5.56 Å². The van der Waals surface area contributed by atoms with Crippen molar-refractivity contribution in [2.45, 2.75) is 26.8 Å². The first-order valence-corrected chi connectivity index (χ1v) is 13.6. The fourth-order valence-electron chi connectivity index (χ4n) is 3.85. The molecule has 4 rings (SSSR count). The van der Waals surface area contributed by atoms with Crippen molar-refractivity contribution in [2.75, 3.05) is 13.2 Å². The Bertz CT molecular complexity index is 1490. The van der Waals surface area contributed by atoms with E-state index in [1.807, 2.05) is 31.2 Å². The van der Waals surface area contributed by atoms with Crippen LogP contribution in [0.4, 0.5) is 0 Å². The Morgan fingerprint density at radius 2 is 1.83 bits per heavy atom. The van der Waals surface area contributed by atoms with Crippen LogP contribution in [0.25, 0.3) is 6.08 Å². The monoisotopic (exact) mass is 638 g/mol. The predicted molar refractivity (Wildman–Crippen MR) is 145 cm³/mol. The molecule has 0 radical (unpaired) electrons. The smallest absolute Gasteiger partial charge is 0.338 e. The lowest BCUT2D eigenvalue weighted by molar-refractivity contribution is -0.139. The van der Waals surface area contributed by atoms with Crippen LogP contribution in [0.2, 0.25) is 5.02 Å². The number of nitrogens with zero attached hydrogens (tertiary/aromatic N) is 2. The first-order valence-electron chi connectivity index (χ1n) is 10.8. The van der Waals surface area contributed by atoms with E-state index in [2.05, 4.69) is 36.9 Å². The van der Waals surface area contributed by atoms with Crippen LogP contribution in [0.15, 0.2) is 66.4 Å². The van der Waals surface area contributed by atoms with E-state index in [4.69, 9.17) is 21.1 Å². The maximum absolute atomic E-state index is 13.7. The van der Waals surface area contributed by atoms with Crippen molar-refractivity contribution in [3.63, 3.8) is 0 Å². The van der Waals surface area contributed by atoms with Gasteiger partial charge in [0.15, 0.2) is 4.80 Å². The average Bonchev–Trinajstić information content (AvgIpc) is 3.10. The zero-order valence-corrected chi connectivity index (χ0v) is 23.8. The third kappa shape index (κ3) is 5.18. The van der Waals surface area contributed by atoms with Gasteiger partial charge in [0.05, 0.1) is 44.0 Å². The lowest BCUT2D eigenvalue weighted by Crippen LogP contribution is -2.39. The maximum atomic E-state index is 13.7. The lowest BCUT2D eigenvalue weighted by Gasteiger charge is -2.24. The first kappa shape index (κ1) is 25.9. The van der Waals surface area contributed by atoms with E-state index in [1.54, 1.807) is 36.6 Å². The number of benzene rings is 2. The van der Waals surface area contributed by atoms with Crippen LogP contribution in [0.5, 0.6) is 5.75 Å². The van der Waals surface area contributed by atoms with E-state index in [0.717, 1.165) is 20.1 Å². The van der Waals surface area contributed by atoms with Crippen LogP contribution in [-0.4, -0.2) is 23.8 Å². The Labute approximate surface area is 227 Å². The summed E-state index contributed by atoms with van der Waals surface area (Å²) < 4.78 is 14.6. The van der Waals surface area contributed by atoms with Crippen molar-refractivity contribution in [3.8, 4) is 5.75 Å². The Balaban J connectivity index is 1.91. The fourth-order valence-corrected chi connectivity index (χ4v) is 6.47. The molecule has 1 aliphatic rings. The number of carbonyl (C=O) groups excluding carboxylic acids is 1. The number of allylic oxidation sites excluding steroid dienone is 1. The molecule has 35 heavy (non-hydrogen) atoms. The maximum Gasteiger partial charge on any atom is 0.338 e. The van der Waals surface area contributed by atoms with E-state index >= 15 is 0 Å². The van der Waals surface area contributed by atoms with Gasteiger partial charge in [-0.05, 0) is 94.1 Å². The predicted octanol–water partition coefficient (Wildman–Crippen LogP) is 5.38. The molecular weight excluding hydrogens is 620 g/mol. The van der Waals surface area contributed by atoms with Gasteiger partial charge in [0.1, 0.15) is 5.75 Å². The number of carbonyl (C=O) groups is 1. The molecule has 6 nitrogen and oxygen atoms in total. The van der Waals surface area contributed by atoms with Crippen molar-refractivity contribution in [3.05, 3.63) is 92.5 Å². The zero-order chi connectivity index (χ0) is 25.3. The lowest BCUT2D eigenvalue weighted by atomic mass is 9.96. The third-order valence-electron chi connectivity index (χ3n) is 5.31. The second-order valence-electron chi connectivity index (χ2n) is 7.60. The minimum absolute atomic E-state index is 0.217. The highest BCUT2D eigenvalue weighted by Crippen LogP contribution is 2.35. The zero-order valence-electron chi connectivity index (χ0n) is 19.1. The topological polar surface area (TPSA) is 69.9 Å². The van der Waals surface area contributed by atoms with Gasteiger partial charge in [-0.1, -0.05) is 35.1 Å². The van der Waals surface area contributed by atoms with Gasteiger partial charge in [-0.2, -0.15) is 0 Å². The van der Waals surface area contributed by atoms with Gasteiger partial charge in [0, 0.05) is 5.02 Å². The van der Waals surface area contributed by atoms with Crippen LogP contribution in [0.3, 0.4) is 0 Å². The number of hydrogen-bond acceptors (Lipinski definition) is 6. The van der Waals surface area contributed by atoms with Crippen molar-refractivity contribution in [1.82, 2.24) is 4.57 Å². The Morgan fingerprint density at radius 3 is 2.43 bits per heavy atom. The summed E-state index contributed by atoms with van der Waals surface area (Å²) in [6.07, 6.45) is 1.80. The van der Waals surface area contributed by atoms with Gasteiger partial charge in [-0.25, -0.2) is 9.79 Å². The molecule has 0 unspecified atom stereocenters. The molecule has 10 heteroatoms. The Kier molecular flexibility index (Phi) is 8.00. The molecule has 1 aliphatic heterocycles. The molecule has 0 saturated heterocycles. The first-order chi connectivity index (χ1) is 16.7. The SMILES string of the molecule is CCOC(=O)C1=C(C)N=c2s/c(=C\c3cc(Br)c(OCC)c(Br)c3)c(=O)n2[C@H]1c1ccc(Cl)cc1. The average molecular weight is 641 g/mol. The largest absolute Gasteiger partial charge is 0.492 e. The number of rotatable bonds is 6. The van der Waals surface area contributed by atoms with Crippen LogP contribution in [0, 0.1) is 0 Å². The van der Waals surface area contributed by atoms with Crippen LogP contribution in [0.1, 0.15) is 37.9 Å². The molecule has 0 fully saturated rings. The van der Waals surface area contributed by atoms with Crippen LogP contribution >= 0.6 is 54.8 Å². The van der Waals surface area contributed by atoms with Gasteiger partial charge < -0.3 is 9.47 Å². The van der Waals surface area contributed by atoms with Crippen LogP contribution < -0.4 is 19.6 Å². The highest BCUT2D eigenvalue weighted by Gasteiger charge is 2.33. The molecule has 0 spiro atoms. The molecular formula is C25H21Br2ClN2O4S. The minimum Gasteiger partial charge on any atom is -0.492 e. The van der Waals surface area contributed by atoms with E-state index in [9.17, 15) is 9.59 Å². The van der Waals surface area contributed by atoms with E-state index < -0.39 is 12.0 Å². The standard InChI is InChI=1S/C25H21Br2ClN2O4S/c1-4-33-22-17(26)10-14(11-18(22)27)12-19-23(31)30-21(15-6-8-16(28)9-7-15)20(24(32)34-5-2)13(3)29-25(30)35-19/h6-12,21H,4-5H2,1-3H3/b19-12-/t21-/m0/s1. The highest BCUT2D eigenvalue weighted by molar-refractivity contribution is 9.11. The van der Waals surface area contributed by atoms with Crippen molar-refractivity contribution >= 4 is 66.8 Å². The summed E-state index contributed by atoms with van der Waals surface area (Å²) >= 11 is 14.4.